The number of pyridine rings is 1. The van der Waals surface area contributed by atoms with E-state index in [1.54, 1.807) is 67.7 Å². The minimum atomic E-state index is -2.09. The topological polar surface area (TPSA) is 162 Å². The predicted octanol–water partition coefficient (Wildman–Crippen LogP) is 2.95. The first kappa shape index (κ1) is 42.5. The Labute approximate surface area is 321 Å². The lowest BCUT2D eigenvalue weighted by Crippen LogP contribution is -3.00. The van der Waals surface area contributed by atoms with Gasteiger partial charge in [0.25, 0.3) is 0 Å². The van der Waals surface area contributed by atoms with Crippen LogP contribution in [0.5, 0.6) is 0 Å². The first-order chi connectivity index (χ1) is 24.3. The molecule has 0 saturated carbocycles. The summed E-state index contributed by atoms with van der Waals surface area (Å²) in [6.07, 6.45) is 2.43. The smallest absolute Gasteiger partial charge is 0.413 e. The SMILES string of the molecule is CC(=O)OC(c1cccnc1NC(=O)OCC[N+]1(C[C@](O)(c2cc(F)ccc2F)[C@@H](C)c2nc(-c3ccc(C#N)cc3)cs2)C=NC=N1)N(C)C.Cl.[Cl-]. The zero-order valence-electron chi connectivity index (χ0n) is 28.9. The summed E-state index contributed by atoms with van der Waals surface area (Å²) in [5, 5.41) is 30.9. The molecule has 53 heavy (non-hydrogen) atoms. The van der Waals surface area contributed by atoms with Crippen molar-refractivity contribution in [3.05, 3.63) is 99.5 Å². The molecule has 2 N–H and O–H groups in total. The van der Waals surface area contributed by atoms with Crippen LogP contribution in [0.2, 0.25) is 0 Å². The van der Waals surface area contributed by atoms with Crippen molar-refractivity contribution >= 4 is 54.3 Å². The molecule has 5 rings (SSSR count). The summed E-state index contributed by atoms with van der Waals surface area (Å²) < 4.78 is 40.6. The number of carbonyl (C=O) groups is 2. The van der Waals surface area contributed by atoms with Gasteiger partial charge in [0.05, 0.1) is 27.9 Å². The van der Waals surface area contributed by atoms with Gasteiger partial charge in [-0.3, -0.25) is 15.0 Å². The number of hydrogen-bond donors (Lipinski definition) is 2. The number of amides is 1. The maximum atomic E-state index is 15.5. The van der Waals surface area contributed by atoms with Crippen molar-refractivity contribution in [2.75, 3.05) is 39.1 Å². The van der Waals surface area contributed by atoms with Gasteiger partial charge in [-0.1, -0.05) is 24.2 Å². The van der Waals surface area contributed by atoms with Crippen LogP contribution >= 0.6 is 23.7 Å². The zero-order chi connectivity index (χ0) is 36.8. The molecule has 280 valence electrons. The van der Waals surface area contributed by atoms with Crippen molar-refractivity contribution in [3.8, 4) is 17.3 Å². The van der Waals surface area contributed by atoms with E-state index in [1.807, 2.05) is 0 Å². The monoisotopic (exact) mass is 788 g/mol. The fourth-order valence-electron chi connectivity index (χ4n) is 5.59. The van der Waals surface area contributed by atoms with Gasteiger partial charge < -0.3 is 27.0 Å². The second kappa shape index (κ2) is 18.2. The first-order valence-corrected chi connectivity index (χ1v) is 16.5. The van der Waals surface area contributed by atoms with Crippen molar-refractivity contribution in [2.45, 2.75) is 31.6 Å². The summed E-state index contributed by atoms with van der Waals surface area (Å²) in [6, 6.07) is 15.0. The lowest BCUT2D eigenvalue weighted by atomic mass is 9.81. The Balaban J connectivity index is 0.00000378. The van der Waals surface area contributed by atoms with Crippen molar-refractivity contribution in [2.24, 2.45) is 10.1 Å². The average molecular weight is 790 g/mol. The third-order valence-corrected chi connectivity index (χ3v) is 9.27. The van der Waals surface area contributed by atoms with Gasteiger partial charge in [0.1, 0.15) is 37.1 Å². The van der Waals surface area contributed by atoms with E-state index in [1.165, 1.54) is 37.1 Å². The molecule has 0 bridgehead atoms. The Hall–Kier alpha value is -4.89. The van der Waals surface area contributed by atoms with Crippen LogP contribution in [0.15, 0.2) is 76.3 Å². The predicted molar refractivity (Wildman–Crippen MR) is 193 cm³/mol. The summed E-state index contributed by atoms with van der Waals surface area (Å²) in [7, 11) is 3.40. The van der Waals surface area contributed by atoms with E-state index in [4.69, 9.17) is 19.7 Å². The Morgan fingerprint density at radius 1 is 1.17 bits per heavy atom. The third kappa shape index (κ3) is 9.96. The number of nitriles is 1. The number of aliphatic hydroxyl groups is 1. The highest BCUT2D eigenvalue weighted by Crippen LogP contribution is 2.42. The second-order valence-corrected chi connectivity index (χ2v) is 12.9. The van der Waals surface area contributed by atoms with Gasteiger partial charge in [-0.2, -0.15) is 10.3 Å². The Morgan fingerprint density at radius 3 is 2.55 bits per heavy atom. The van der Waals surface area contributed by atoms with Crippen LogP contribution in [0, 0.1) is 23.0 Å². The molecule has 1 amide bonds. The molecule has 4 atom stereocenters. The molecule has 2 aromatic carbocycles. The van der Waals surface area contributed by atoms with E-state index in [0.29, 0.717) is 21.8 Å². The number of quaternary nitrogens is 1. The van der Waals surface area contributed by atoms with Crippen LogP contribution in [0.25, 0.3) is 11.3 Å². The van der Waals surface area contributed by atoms with Gasteiger partial charge in [-0.15, -0.1) is 28.3 Å². The summed E-state index contributed by atoms with van der Waals surface area (Å²) in [5.41, 5.74) is -0.180. The third-order valence-electron chi connectivity index (χ3n) is 8.24. The lowest BCUT2D eigenvalue weighted by Gasteiger charge is -2.38. The largest absolute Gasteiger partial charge is 1.00 e. The van der Waals surface area contributed by atoms with E-state index in [2.05, 4.69) is 26.5 Å². The molecule has 0 saturated heterocycles. The van der Waals surface area contributed by atoms with Crippen LogP contribution in [0.1, 0.15) is 47.7 Å². The standard InChI is InChI=1S/C35H34F2N8O5S.2ClH/c1-22(32-42-30(18-51-32)25-9-7-24(17-38)8-10-25)35(48,28-16-26(36)11-12-29(28)37)19-45(21-39-20-41-45)14-15-49-34(47)43-31-27(6-5-13-40-31)33(44(3)4)50-23(2)46;;/h5-13,16,18,20-22,33,48H,14-15,19H2,1-4H3;2*1H/t22-,33?,35+,45?;;/m0../s1. The van der Waals surface area contributed by atoms with Crippen LogP contribution in [-0.2, 0) is 19.9 Å². The number of hydrogen-bond acceptors (Lipinski definition) is 12. The molecule has 0 aliphatic carbocycles. The van der Waals surface area contributed by atoms with Crippen molar-refractivity contribution < 1.29 is 49.9 Å². The van der Waals surface area contributed by atoms with E-state index < -0.39 is 46.0 Å². The number of ether oxygens (including phenoxy) is 2. The van der Waals surface area contributed by atoms with Crippen LogP contribution in [-0.4, -0.2) is 83.1 Å². The molecular formula is C35H36Cl2F2N8O5S. The maximum absolute atomic E-state index is 15.5. The summed E-state index contributed by atoms with van der Waals surface area (Å²) in [5.74, 6) is -2.89. The highest BCUT2D eigenvalue weighted by molar-refractivity contribution is 7.10. The summed E-state index contributed by atoms with van der Waals surface area (Å²) >= 11 is 1.24. The van der Waals surface area contributed by atoms with Gasteiger partial charge >= 0.3 is 12.1 Å². The highest BCUT2D eigenvalue weighted by atomic mass is 35.5. The first-order valence-electron chi connectivity index (χ1n) is 15.7. The molecule has 0 radical (unpaired) electrons. The van der Waals surface area contributed by atoms with E-state index in [9.17, 15) is 19.1 Å². The minimum Gasteiger partial charge on any atom is -1.00 e. The number of esters is 1. The molecule has 1 aliphatic heterocycles. The molecule has 18 heteroatoms. The van der Waals surface area contributed by atoms with Gasteiger partial charge in [-0.05, 0) is 56.6 Å². The van der Waals surface area contributed by atoms with Crippen LogP contribution in [0.4, 0.5) is 19.4 Å². The van der Waals surface area contributed by atoms with Gasteiger partial charge in [0.2, 0.25) is 6.34 Å². The Kier molecular flexibility index (Phi) is 14.6. The van der Waals surface area contributed by atoms with Crippen molar-refractivity contribution in [3.63, 3.8) is 0 Å². The minimum absolute atomic E-state index is 0. The number of rotatable bonds is 13. The zero-order valence-corrected chi connectivity index (χ0v) is 31.3. The molecular weight excluding hydrogens is 753 g/mol. The van der Waals surface area contributed by atoms with Crippen molar-refractivity contribution in [1.29, 1.82) is 5.26 Å². The number of halogens is 4. The van der Waals surface area contributed by atoms with Crippen LogP contribution in [0.3, 0.4) is 0 Å². The average Bonchev–Trinajstić information content (AvgIpc) is 3.79. The highest BCUT2D eigenvalue weighted by Gasteiger charge is 2.49. The molecule has 13 nitrogen and oxygen atoms in total. The summed E-state index contributed by atoms with van der Waals surface area (Å²) in [6.45, 7) is 2.31. The van der Waals surface area contributed by atoms with Gasteiger partial charge in [0, 0.05) is 35.5 Å². The second-order valence-electron chi connectivity index (χ2n) is 12.0. The number of nitrogens with one attached hydrogen (secondary N) is 1. The van der Waals surface area contributed by atoms with Crippen molar-refractivity contribution in [1.82, 2.24) is 14.9 Å². The fourth-order valence-corrected chi connectivity index (χ4v) is 6.56. The van der Waals surface area contributed by atoms with E-state index in [-0.39, 0.29) is 55.9 Å². The van der Waals surface area contributed by atoms with Crippen LogP contribution < -0.4 is 17.7 Å². The molecule has 4 aromatic rings. The number of anilines is 1. The normalized spacial score (nSPS) is 16.7. The molecule has 0 spiro atoms. The molecule has 2 unspecified atom stereocenters. The number of carbonyl (C=O) groups excluding carboxylic acids is 2. The maximum Gasteiger partial charge on any atom is 0.413 e. The quantitative estimate of drug-likeness (QED) is 0.118. The molecule has 1 aliphatic rings. The summed E-state index contributed by atoms with van der Waals surface area (Å²) in [4.78, 5) is 39.3. The Morgan fingerprint density at radius 2 is 1.91 bits per heavy atom. The molecule has 2 aromatic heterocycles. The number of thiazole rings is 1. The van der Waals surface area contributed by atoms with E-state index in [0.717, 1.165) is 23.8 Å². The van der Waals surface area contributed by atoms with Gasteiger partial charge in [0.15, 0.2) is 18.2 Å². The number of aromatic nitrogens is 2. The molecule has 0 fully saturated rings. The number of nitrogens with zero attached hydrogens (tertiary/aromatic N) is 7. The van der Waals surface area contributed by atoms with Gasteiger partial charge in [-0.25, -0.2) is 23.5 Å². The Bertz CT molecular complexity index is 2000. The lowest BCUT2D eigenvalue weighted by molar-refractivity contribution is -0.848. The number of aliphatic imine (C=N–C) groups is 1. The van der Waals surface area contributed by atoms with E-state index >= 15 is 4.39 Å². The fraction of sp³-hybridized carbons (Fsp3) is 0.286. The number of benzene rings is 2. The molecule has 3 heterocycles.